The number of ether oxygens (including phenoxy) is 2. The highest BCUT2D eigenvalue weighted by atomic mass is 79.9. The van der Waals surface area contributed by atoms with Gasteiger partial charge in [-0.1, -0.05) is 30.8 Å². The summed E-state index contributed by atoms with van der Waals surface area (Å²) >= 11 is 3.39. The molecule has 0 N–H and O–H groups in total. The fraction of sp³-hybridized carbons (Fsp3) is 0.360. The molecule has 0 atom stereocenters. The maximum atomic E-state index is 12.4. The normalized spacial score (nSPS) is 18.4. The van der Waals surface area contributed by atoms with Crippen molar-refractivity contribution in [2.75, 3.05) is 6.61 Å². The highest BCUT2D eigenvalue weighted by molar-refractivity contribution is 9.10. The molecule has 5 heteroatoms. The van der Waals surface area contributed by atoms with Crippen LogP contribution in [-0.2, 0) is 9.53 Å². The predicted octanol–water partition coefficient (Wildman–Crippen LogP) is 6.45. The maximum Gasteiger partial charge on any atom is 0.343 e. The molecule has 0 amide bonds. The first-order valence-corrected chi connectivity index (χ1v) is 11.2. The number of halogens is 1. The molecule has 4 nitrogen and oxygen atoms in total. The van der Waals surface area contributed by atoms with Gasteiger partial charge in [0.05, 0.1) is 16.6 Å². The van der Waals surface area contributed by atoms with E-state index in [0.29, 0.717) is 29.8 Å². The van der Waals surface area contributed by atoms with Crippen LogP contribution < -0.4 is 4.74 Å². The van der Waals surface area contributed by atoms with Crippen LogP contribution in [0.2, 0.25) is 0 Å². The number of hydrogen-bond acceptors (Lipinski definition) is 4. The summed E-state index contributed by atoms with van der Waals surface area (Å²) in [5.41, 5.74) is 1.84. The monoisotopic (exact) mass is 470 g/mol. The summed E-state index contributed by atoms with van der Waals surface area (Å²) in [5.74, 6) is 1.05. The highest BCUT2D eigenvalue weighted by Crippen LogP contribution is 2.37. The summed E-state index contributed by atoms with van der Waals surface area (Å²) in [5, 5.41) is 0. The first kappa shape index (κ1) is 22.3. The van der Waals surface area contributed by atoms with Gasteiger partial charge in [0.2, 0.25) is 0 Å². The van der Waals surface area contributed by atoms with Crippen LogP contribution in [0.1, 0.15) is 60.4 Å². The van der Waals surface area contributed by atoms with Crippen molar-refractivity contribution in [3.8, 4) is 5.75 Å². The van der Waals surface area contributed by atoms with Gasteiger partial charge in [-0.05, 0) is 96.1 Å². The van der Waals surface area contributed by atoms with E-state index in [1.54, 1.807) is 6.07 Å². The van der Waals surface area contributed by atoms with Gasteiger partial charge in [-0.2, -0.15) is 0 Å². The Morgan fingerprint density at radius 2 is 1.73 bits per heavy atom. The molecule has 1 saturated carbocycles. The Morgan fingerprint density at radius 3 is 2.40 bits per heavy atom. The standard InChI is InChI=1S/C25H27BrO4/c1-2-24(27)29-17-5-6-18-9-11-19(12-10-18)20-13-15-21(16-14-20)25(28)30-23-8-4-3-7-22(23)26/h2-4,7-8,13-16,18-19H,1,5-6,9-12,17H2/t18-,19-. The molecule has 2 aromatic rings. The summed E-state index contributed by atoms with van der Waals surface area (Å²) in [4.78, 5) is 23.5. The number of carbonyl (C=O) groups excluding carboxylic acids is 2. The largest absolute Gasteiger partial charge is 0.463 e. The zero-order valence-electron chi connectivity index (χ0n) is 17.0. The fourth-order valence-electron chi connectivity index (χ4n) is 3.97. The van der Waals surface area contributed by atoms with E-state index in [4.69, 9.17) is 9.47 Å². The SMILES string of the molecule is C=CC(=O)OCCC[C@H]1CC[C@H](c2ccc(C(=O)Oc3ccccc3Br)cc2)CC1. The Balaban J connectivity index is 1.45. The van der Waals surface area contributed by atoms with E-state index >= 15 is 0 Å². The Kier molecular flexibility index (Phi) is 8.26. The molecular formula is C25H27BrO4. The molecule has 0 aromatic heterocycles. The molecule has 30 heavy (non-hydrogen) atoms. The van der Waals surface area contributed by atoms with E-state index in [9.17, 15) is 9.59 Å². The smallest absolute Gasteiger partial charge is 0.343 e. The third kappa shape index (κ3) is 6.30. The van der Waals surface area contributed by atoms with E-state index in [2.05, 4.69) is 34.6 Å². The molecule has 0 aliphatic heterocycles. The Morgan fingerprint density at radius 1 is 1.03 bits per heavy atom. The summed E-state index contributed by atoms with van der Waals surface area (Å²) < 4.78 is 11.3. The van der Waals surface area contributed by atoms with Gasteiger partial charge >= 0.3 is 11.9 Å². The average molecular weight is 471 g/mol. The van der Waals surface area contributed by atoms with E-state index in [1.165, 1.54) is 24.5 Å². The predicted molar refractivity (Wildman–Crippen MR) is 121 cm³/mol. The minimum Gasteiger partial charge on any atom is -0.463 e. The van der Waals surface area contributed by atoms with Gasteiger partial charge in [-0.15, -0.1) is 0 Å². The van der Waals surface area contributed by atoms with Crippen LogP contribution in [-0.4, -0.2) is 18.5 Å². The summed E-state index contributed by atoms with van der Waals surface area (Å²) in [6.07, 6.45) is 7.88. The summed E-state index contributed by atoms with van der Waals surface area (Å²) in [6.45, 7) is 3.88. The van der Waals surface area contributed by atoms with Crippen molar-refractivity contribution in [2.24, 2.45) is 5.92 Å². The zero-order valence-corrected chi connectivity index (χ0v) is 18.6. The molecule has 0 bridgehead atoms. The van der Waals surface area contributed by atoms with Crippen LogP contribution in [0.15, 0.2) is 65.7 Å². The number of rotatable bonds is 8. The van der Waals surface area contributed by atoms with Gasteiger partial charge in [0, 0.05) is 6.08 Å². The lowest BCUT2D eigenvalue weighted by Gasteiger charge is -2.29. The molecule has 1 aliphatic carbocycles. The molecule has 1 aliphatic rings. The molecule has 1 fully saturated rings. The van der Waals surface area contributed by atoms with Crippen LogP contribution in [0.5, 0.6) is 5.75 Å². The van der Waals surface area contributed by atoms with Crippen molar-refractivity contribution < 1.29 is 19.1 Å². The van der Waals surface area contributed by atoms with Gasteiger partial charge in [0.25, 0.3) is 0 Å². The number of benzene rings is 2. The Labute approximate surface area is 186 Å². The molecule has 158 valence electrons. The van der Waals surface area contributed by atoms with Gasteiger partial charge < -0.3 is 9.47 Å². The molecule has 0 unspecified atom stereocenters. The zero-order chi connectivity index (χ0) is 21.3. The second-order valence-electron chi connectivity index (χ2n) is 7.67. The van der Waals surface area contributed by atoms with E-state index in [-0.39, 0.29) is 11.9 Å². The molecule has 0 saturated heterocycles. The molecule has 0 spiro atoms. The minimum absolute atomic E-state index is 0.345. The first-order valence-electron chi connectivity index (χ1n) is 10.4. The van der Waals surface area contributed by atoms with Crippen molar-refractivity contribution in [3.05, 3.63) is 76.8 Å². The summed E-state index contributed by atoms with van der Waals surface area (Å²) in [6, 6.07) is 15.1. The number of para-hydroxylation sites is 1. The third-order valence-electron chi connectivity index (χ3n) is 5.67. The van der Waals surface area contributed by atoms with Crippen molar-refractivity contribution >= 4 is 27.9 Å². The summed E-state index contributed by atoms with van der Waals surface area (Å²) in [7, 11) is 0. The average Bonchev–Trinajstić information content (AvgIpc) is 2.78. The van der Waals surface area contributed by atoms with E-state index < -0.39 is 0 Å². The van der Waals surface area contributed by atoms with Crippen molar-refractivity contribution in [3.63, 3.8) is 0 Å². The van der Waals surface area contributed by atoms with Gasteiger partial charge in [-0.3, -0.25) is 0 Å². The highest BCUT2D eigenvalue weighted by Gasteiger charge is 2.22. The lowest BCUT2D eigenvalue weighted by Crippen LogP contribution is -2.15. The van der Waals surface area contributed by atoms with Crippen LogP contribution in [0.3, 0.4) is 0 Å². The number of carbonyl (C=O) groups is 2. The molecule has 0 radical (unpaired) electrons. The van der Waals surface area contributed by atoms with Gasteiger partial charge in [0.1, 0.15) is 5.75 Å². The quantitative estimate of drug-likeness (QED) is 0.192. The van der Waals surface area contributed by atoms with Crippen LogP contribution in [0, 0.1) is 5.92 Å². The van der Waals surface area contributed by atoms with Crippen molar-refractivity contribution in [1.82, 2.24) is 0 Å². The fourth-order valence-corrected chi connectivity index (χ4v) is 4.33. The first-order chi connectivity index (χ1) is 14.6. The van der Waals surface area contributed by atoms with Gasteiger partial charge in [0.15, 0.2) is 0 Å². The molecule has 0 heterocycles. The van der Waals surface area contributed by atoms with Crippen molar-refractivity contribution in [1.29, 1.82) is 0 Å². The van der Waals surface area contributed by atoms with Crippen LogP contribution in [0.4, 0.5) is 0 Å². The molecular weight excluding hydrogens is 444 g/mol. The second kappa shape index (κ2) is 11.1. The third-order valence-corrected chi connectivity index (χ3v) is 6.33. The Bertz CT molecular complexity index is 867. The maximum absolute atomic E-state index is 12.4. The van der Waals surface area contributed by atoms with E-state index in [1.807, 2.05) is 30.3 Å². The minimum atomic E-state index is -0.352. The second-order valence-corrected chi connectivity index (χ2v) is 8.53. The number of esters is 2. The van der Waals surface area contributed by atoms with Crippen LogP contribution in [0.25, 0.3) is 0 Å². The lowest BCUT2D eigenvalue weighted by molar-refractivity contribution is -0.137. The molecule has 2 aromatic carbocycles. The van der Waals surface area contributed by atoms with Gasteiger partial charge in [-0.25, -0.2) is 9.59 Å². The van der Waals surface area contributed by atoms with Crippen molar-refractivity contribution in [2.45, 2.75) is 44.4 Å². The topological polar surface area (TPSA) is 52.6 Å². The lowest BCUT2D eigenvalue weighted by atomic mass is 9.77. The Hall–Kier alpha value is -2.40. The van der Waals surface area contributed by atoms with Crippen LogP contribution >= 0.6 is 15.9 Å². The molecule has 3 rings (SSSR count). The van der Waals surface area contributed by atoms with E-state index in [0.717, 1.165) is 30.2 Å². The number of hydrogen-bond donors (Lipinski definition) is 0.